The van der Waals surface area contributed by atoms with Crippen molar-refractivity contribution < 1.29 is 0 Å². The van der Waals surface area contributed by atoms with Crippen molar-refractivity contribution in [2.24, 2.45) is 5.73 Å². The van der Waals surface area contributed by atoms with Gasteiger partial charge in [0.15, 0.2) is 0 Å². The minimum atomic E-state index is 0.625. The van der Waals surface area contributed by atoms with Crippen LogP contribution in [-0.2, 0) is 0 Å². The fourth-order valence-corrected chi connectivity index (χ4v) is 2.46. The van der Waals surface area contributed by atoms with Gasteiger partial charge in [-0.05, 0) is 32.4 Å². The van der Waals surface area contributed by atoms with Gasteiger partial charge in [-0.3, -0.25) is 4.90 Å². The lowest BCUT2D eigenvalue weighted by atomic mass is 10.0. The standard InChI is InChI=1S/C16H36N2/c1-4-7-10-11-12-16(15-17)18(13-8-5-2)14-9-6-3/h16H,4-15,17H2,1-3H3. The third-order valence-corrected chi connectivity index (χ3v) is 3.78. The number of unbranched alkanes of at least 4 members (excludes halogenated alkanes) is 5. The summed E-state index contributed by atoms with van der Waals surface area (Å²) in [7, 11) is 0. The summed E-state index contributed by atoms with van der Waals surface area (Å²) in [6.07, 6.45) is 11.9. The second-order valence-electron chi connectivity index (χ2n) is 5.48. The molecule has 0 aromatic heterocycles. The van der Waals surface area contributed by atoms with Crippen LogP contribution in [0.25, 0.3) is 0 Å². The summed E-state index contributed by atoms with van der Waals surface area (Å²) in [6, 6.07) is 0.625. The van der Waals surface area contributed by atoms with Crippen LogP contribution >= 0.6 is 0 Å². The van der Waals surface area contributed by atoms with Gasteiger partial charge in [0.2, 0.25) is 0 Å². The van der Waals surface area contributed by atoms with Crippen LogP contribution in [0.5, 0.6) is 0 Å². The largest absolute Gasteiger partial charge is 0.329 e. The summed E-state index contributed by atoms with van der Waals surface area (Å²) in [5, 5.41) is 0. The maximum Gasteiger partial charge on any atom is 0.0218 e. The fraction of sp³-hybridized carbons (Fsp3) is 1.00. The smallest absolute Gasteiger partial charge is 0.0218 e. The molecule has 0 aliphatic rings. The van der Waals surface area contributed by atoms with Gasteiger partial charge in [0, 0.05) is 12.6 Å². The first-order valence-electron chi connectivity index (χ1n) is 8.24. The van der Waals surface area contributed by atoms with E-state index in [2.05, 4.69) is 25.7 Å². The fourth-order valence-electron chi connectivity index (χ4n) is 2.46. The monoisotopic (exact) mass is 256 g/mol. The van der Waals surface area contributed by atoms with Gasteiger partial charge < -0.3 is 5.73 Å². The molecule has 0 bridgehead atoms. The number of hydrogen-bond donors (Lipinski definition) is 1. The van der Waals surface area contributed by atoms with Crippen LogP contribution in [0.2, 0.25) is 0 Å². The second kappa shape index (κ2) is 13.4. The van der Waals surface area contributed by atoms with Crippen LogP contribution in [0, 0.1) is 0 Å². The number of rotatable bonds is 13. The molecule has 2 nitrogen and oxygen atoms in total. The van der Waals surface area contributed by atoms with Crippen LogP contribution < -0.4 is 5.73 Å². The Balaban J connectivity index is 4.03. The predicted octanol–water partition coefficient (Wildman–Crippen LogP) is 4.19. The zero-order valence-corrected chi connectivity index (χ0v) is 13.1. The molecule has 0 aromatic carbocycles. The Kier molecular flexibility index (Phi) is 13.3. The normalized spacial score (nSPS) is 13.2. The molecule has 0 amide bonds. The zero-order valence-electron chi connectivity index (χ0n) is 13.1. The van der Waals surface area contributed by atoms with Crippen molar-refractivity contribution in [3.8, 4) is 0 Å². The first-order chi connectivity index (χ1) is 8.79. The van der Waals surface area contributed by atoms with E-state index < -0.39 is 0 Å². The van der Waals surface area contributed by atoms with E-state index in [1.807, 2.05) is 0 Å². The first-order valence-corrected chi connectivity index (χ1v) is 8.24. The molecule has 0 aliphatic heterocycles. The molecule has 2 N–H and O–H groups in total. The van der Waals surface area contributed by atoms with E-state index in [1.165, 1.54) is 70.9 Å². The summed E-state index contributed by atoms with van der Waals surface area (Å²) in [5.41, 5.74) is 5.99. The molecule has 0 fully saturated rings. The van der Waals surface area contributed by atoms with Gasteiger partial charge in [0.1, 0.15) is 0 Å². The van der Waals surface area contributed by atoms with E-state index in [1.54, 1.807) is 0 Å². The van der Waals surface area contributed by atoms with Gasteiger partial charge >= 0.3 is 0 Å². The minimum Gasteiger partial charge on any atom is -0.329 e. The molecule has 110 valence electrons. The minimum absolute atomic E-state index is 0.625. The number of nitrogens with two attached hydrogens (primary N) is 1. The quantitative estimate of drug-likeness (QED) is 0.501. The first kappa shape index (κ1) is 17.9. The van der Waals surface area contributed by atoms with E-state index in [0.717, 1.165) is 6.54 Å². The molecule has 0 spiro atoms. The van der Waals surface area contributed by atoms with E-state index in [4.69, 9.17) is 5.73 Å². The summed E-state index contributed by atoms with van der Waals surface area (Å²) in [4.78, 5) is 2.65. The van der Waals surface area contributed by atoms with Crippen LogP contribution in [-0.4, -0.2) is 30.6 Å². The van der Waals surface area contributed by atoms with Gasteiger partial charge in [-0.2, -0.15) is 0 Å². The van der Waals surface area contributed by atoms with Crippen LogP contribution in [0.3, 0.4) is 0 Å². The van der Waals surface area contributed by atoms with Crippen LogP contribution in [0.4, 0.5) is 0 Å². The average Bonchev–Trinajstić information content (AvgIpc) is 2.40. The molecular formula is C16H36N2. The highest BCUT2D eigenvalue weighted by atomic mass is 15.2. The van der Waals surface area contributed by atoms with Crippen molar-refractivity contribution in [3.63, 3.8) is 0 Å². The SMILES string of the molecule is CCCCCCC(CN)N(CCCC)CCCC. The van der Waals surface area contributed by atoms with Crippen molar-refractivity contribution in [3.05, 3.63) is 0 Å². The highest BCUT2D eigenvalue weighted by molar-refractivity contribution is 4.73. The third-order valence-electron chi connectivity index (χ3n) is 3.78. The molecule has 1 atom stereocenters. The molecular weight excluding hydrogens is 220 g/mol. The summed E-state index contributed by atoms with van der Waals surface area (Å²) in [6.45, 7) is 10.1. The van der Waals surface area contributed by atoms with Crippen molar-refractivity contribution in [1.82, 2.24) is 4.90 Å². The molecule has 0 radical (unpaired) electrons. The molecule has 0 saturated heterocycles. The molecule has 1 unspecified atom stereocenters. The lowest BCUT2D eigenvalue weighted by Gasteiger charge is -2.31. The lowest BCUT2D eigenvalue weighted by Crippen LogP contribution is -2.41. The Bertz CT molecular complexity index is 151. The Morgan fingerprint density at radius 2 is 1.33 bits per heavy atom. The van der Waals surface area contributed by atoms with E-state index in [-0.39, 0.29) is 0 Å². The predicted molar refractivity (Wildman–Crippen MR) is 83.0 cm³/mol. The van der Waals surface area contributed by atoms with Crippen molar-refractivity contribution in [2.75, 3.05) is 19.6 Å². The third kappa shape index (κ3) is 8.93. The van der Waals surface area contributed by atoms with Gasteiger partial charge in [-0.1, -0.05) is 59.3 Å². The van der Waals surface area contributed by atoms with E-state index in [9.17, 15) is 0 Å². The van der Waals surface area contributed by atoms with Gasteiger partial charge in [-0.15, -0.1) is 0 Å². The average molecular weight is 256 g/mol. The summed E-state index contributed by atoms with van der Waals surface area (Å²) in [5.74, 6) is 0. The summed E-state index contributed by atoms with van der Waals surface area (Å²) < 4.78 is 0. The Hall–Kier alpha value is -0.0800. The van der Waals surface area contributed by atoms with Crippen LogP contribution in [0.1, 0.15) is 78.6 Å². The zero-order chi connectivity index (χ0) is 13.6. The molecule has 0 rings (SSSR count). The lowest BCUT2D eigenvalue weighted by molar-refractivity contribution is 0.182. The van der Waals surface area contributed by atoms with Gasteiger partial charge in [-0.25, -0.2) is 0 Å². The highest BCUT2D eigenvalue weighted by Crippen LogP contribution is 2.12. The Morgan fingerprint density at radius 1 is 0.778 bits per heavy atom. The van der Waals surface area contributed by atoms with E-state index >= 15 is 0 Å². The molecule has 0 aliphatic carbocycles. The molecule has 0 heterocycles. The summed E-state index contributed by atoms with van der Waals surface area (Å²) >= 11 is 0. The van der Waals surface area contributed by atoms with Crippen molar-refractivity contribution in [1.29, 1.82) is 0 Å². The maximum absolute atomic E-state index is 5.99. The van der Waals surface area contributed by atoms with Crippen molar-refractivity contribution in [2.45, 2.75) is 84.6 Å². The van der Waals surface area contributed by atoms with Crippen molar-refractivity contribution >= 4 is 0 Å². The maximum atomic E-state index is 5.99. The number of hydrogen-bond acceptors (Lipinski definition) is 2. The topological polar surface area (TPSA) is 29.3 Å². The molecule has 0 aromatic rings. The second-order valence-corrected chi connectivity index (χ2v) is 5.48. The Morgan fingerprint density at radius 3 is 1.78 bits per heavy atom. The number of nitrogens with zero attached hydrogens (tertiary/aromatic N) is 1. The van der Waals surface area contributed by atoms with Crippen LogP contribution in [0.15, 0.2) is 0 Å². The Labute approximate surface area is 115 Å². The van der Waals surface area contributed by atoms with Gasteiger partial charge in [0.05, 0.1) is 0 Å². The molecule has 2 heteroatoms. The highest BCUT2D eigenvalue weighted by Gasteiger charge is 2.15. The van der Waals surface area contributed by atoms with Gasteiger partial charge in [0.25, 0.3) is 0 Å². The molecule has 18 heavy (non-hydrogen) atoms. The van der Waals surface area contributed by atoms with E-state index in [0.29, 0.717) is 6.04 Å². The molecule has 0 saturated carbocycles.